The number of nitrogens with zero attached hydrogens (tertiary/aromatic N) is 2. The molecule has 0 bridgehead atoms. The summed E-state index contributed by atoms with van der Waals surface area (Å²) in [7, 11) is 1.28. The first-order valence-electron chi connectivity index (χ1n) is 12.6. The number of hydrogen-bond donors (Lipinski definition) is 1. The molecule has 1 saturated heterocycles. The molecule has 0 aliphatic carbocycles. The molecule has 1 aliphatic rings. The number of esters is 1. The second-order valence-corrected chi connectivity index (χ2v) is 9.81. The van der Waals surface area contributed by atoms with Gasteiger partial charge in [-0.25, -0.2) is 9.78 Å². The van der Waals surface area contributed by atoms with Crippen molar-refractivity contribution in [3.8, 4) is 11.5 Å². The maximum atomic E-state index is 13.5. The smallest absolute Gasteiger partial charge is 0.337 e. The first-order valence-corrected chi connectivity index (χ1v) is 13.4. The highest BCUT2D eigenvalue weighted by Crippen LogP contribution is 2.45. The van der Waals surface area contributed by atoms with Gasteiger partial charge in [-0.1, -0.05) is 35.6 Å². The molecule has 3 aromatic carbocycles. The van der Waals surface area contributed by atoms with E-state index >= 15 is 0 Å². The van der Waals surface area contributed by atoms with Gasteiger partial charge in [0.2, 0.25) is 0 Å². The quantitative estimate of drug-likeness (QED) is 0.130. The fourth-order valence-electron chi connectivity index (χ4n) is 4.57. The number of aromatic nitrogens is 1. The van der Waals surface area contributed by atoms with Crippen LogP contribution in [-0.4, -0.2) is 48.1 Å². The van der Waals surface area contributed by atoms with E-state index in [0.717, 1.165) is 4.70 Å². The molecule has 1 atom stereocenters. The Morgan fingerprint density at radius 2 is 1.65 bits per heavy atom. The van der Waals surface area contributed by atoms with E-state index in [1.807, 2.05) is 19.9 Å². The van der Waals surface area contributed by atoms with Crippen LogP contribution in [0.5, 0.6) is 11.5 Å². The van der Waals surface area contributed by atoms with E-state index in [-0.39, 0.29) is 16.5 Å². The maximum absolute atomic E-state index is 13.5. The van der Waals surface area contributed by atoms with E-state index in [1.54, 1.807) is 60.7 Å². The van der Waals surface area contributed by atoms with Gasteiger partial charge in [-0.3, -0.25) is 14.5 Å². The number of carbonyl (C=O) groups is 3. The van der Waals surface area contributed by atoms with Gasteiger partial charge >= 0.3 is 11.9 Å². The van der Waals surface area contributed by atoms with Crippen LogP contribution in [0.3, 0.4) is 0 Å². The topological polar surface area (TPSA) is 115 Å². The lowest BCUT2D eigenvalue weighted by atomic mass is 9.94. The van der Waals surface area contributed by atoms with Crippen molar-refractivity contribution in [1.29, 1.82) is 0 Å². The molecule has 1 aromatic heterocycles. The second kappa shape index (κ2) is 11.2. The number of anilines is 1. The second-order valence-electron chi connectivity index (χ2n) is 8.80. The Labute approximate surface area is 234 Å². The van der Waals surface area contributed by atoms with Crippen LogP contribution in [0.4, 0.5) is 5.13 Å². The van der Waals surface area contributed by atoms with Crippen molar-refractivity contribution in [3.05, 3.63) is 89.0 Å². The summed E-state index contributed by atoms with van der Waals surface area (Å²) in [5, 5.41) is 11.7. The normalized spacial score (nSPS) is 16.4. The zero-order chi connectivity index (χ0) is 28.4. The minimum absolute atomic E-state index is 0.0984. The van der Waals surface area contributed by atoms with Crippen molar-refractivity contribution in [3.63, 3.8) is 0 Å². The largest absolute Gasteiger partial charge is 0.507 e. The molecule has 40 heavy (non-hydrogen) atoms. The zero-order valence-electron chi connectivity index (χ0n) is 22.0. The highest BCUT2D eigenvalue weighted by molar-refractivity contribution is 7.22. The number of Topliss-reactive ketones (excluding diaryl/α,β-unsaturated/α-hetero) is 1. The van der Waals surface area contributed by atoms with Crippen LogP contribution in [-0.2, 0) is 14.3 Å². The predicted molar refractivity (Wildman–Crippen MR) is 151 cm³/mol. The van der Waals surface area contributed by atoms with E-state index in [4.69, 9.17) is 14.2 Å². The molecule has 1 aliphatic heterocycles. The molecule has 1 unspecified atom stereocenters. The minimum Gasteiger partial charge on any atom is -0.507 e. The number of thiazole rings is 1. The summed E-state index contributed by atoms with van der Waals surface area (Å²) in [4.78, 5) is 45.0. The highest BCUT2D eigenvalue weighted by Gasteiger charge is 2.48. The molecule has 0 spiro atoms. The SMILES string of the molecule is CCOc1cccc(C(O)=C2C(=O)C(=O)N(c3nc4ccc(OCC)cc4s3)C2c2ccc(C(=O)OC)cc2)c1. The van der Waals surface area contributed by atoms with Gasteiger partial charge in [0.1, 0.15) is 17.3 Å². The number of hydrogen-bond acceptors (Lipinski definition) is 9. The van der Waals surface area contributed by atoms with E-state index in [0.29, 0.717) is 46.9 Å². The lowest BCUT2D eigenvalue weighted by Gasteiger charge is -2.23. The van der Waals surface area contributed by atoms with Crippen LogP contribution in [0.15, 0.2) is 72.3 Å². The molecule has 1 fully saturated rings. The highest BCUT2D eigenvalue weighted by atomic mass is 32.1. The Hall–Kier alpha value is -4.70. The lowest BCUT2D eigenvalue weighted by Crippen LogP contribution is -2.29. The van der Waals surface area contributed by atoms with Crippen LogP contribution in [0.2, 0.25) is 0 Å². The fraction of sp³-hybridized carbons (Fsp3) is 0.200. The van der Waals surface area contributed by atoms with Crippen LogP contribution < -0.4 is 14.4 Å². The summed E-state index contributed by atoms with van der Waals surface area (Å²) in [5.41, 5.74) is 1.67. The molecular weight excluding hydrogens is 532 g/mol. The summed E-state index contributed by atoms with van der Waals surface area (Å²) in [5.74, 6) is -1.37. The first kappa shape index (κ1) is 26.9. The van der Waals surface area contributed by atoms with E-state index in [9.17, 15) is 19.5 Å². The molecule has 0 radical (unpaired) electrons. The van der Waals surface area contributed by atoms with Gasteiger partial charge in [-0.05, 0) is 61.9 Å². The van der Waals surface area contributed by atoms with E-state index < -0.39 is 23.7 Å². The molecule has 5 rings (SSSR count). The molecular formula is C30H26N2O7S. The van der Waals surface area contributed by atoms with Gasteiger partial charge in [-0.2, -0.15) is 0 Å². The fourth-order valence-corrected chi connectivity index (χ4v) is 5.59. The van der Waals surface area contributed by atoms with Crippen LogP contribution >= 0.6 is 11.3 Å². The molecule has 10 heteroatoms. The van der Waals surface area contributed by atoms with Gasteiger partial charge in [-0.15, -0.1) is 0 Å². The first-order chi connectivity index (χ1) is 19.4. The van der Waals surface area contributed by atoms with Gasteiger partial charge in [0, 0.05) is 5.56 Å². The summed E-state index contributed by atoms with van der Waals surface area (Å²) in [6.07, 6.45) is 0. The standard InChI is InChI=1S/C30H26N2O7S/c1-4-38-20-8-6-7-19(15-20)26(33)24-25(17-9-11-18(12-10-17)29(36)37-3)32(28(35)27(24)34)30-31-22-14-13-21(39-5-2)16-23(22)40-30/h6-16,25,33H,4-5H2,1-3H3. The number of rotatable bonds is 8. The number of benzene rings is 3. The summed E-state index contributed by atoms with van der Waals surface area (Å²) in [6.45, 7) is 4.64. The third kappa shape index (κ3) is 4.89. The molecule has 9 nitrogen and oxygen atoms in total. The molecule has 1 N–H and O–H groups in total. The van der Waals surface area contributed by atoms with E-state index in [1.165, 1.54) is 23.3 Å². The Kier molecular flexibility index (Phi) is 7.52. The summed E-state index contributed by atoms with van der Waals surface area (Å²) < 4.78 is 16.7. The minimum atomic E-state index is -1.01. The van der Waals surface area contributed by atoms with Crippen molar-refractivity contribution in [2.45, 2.75) is 19.9 Å². The van der Waals surface area contributed by atoms with Gasteiger partial charge in [0.15, 0.2) is 5.13 Å². The monoisotopic (exact) mass is 558 g/mol. The predicted octanol–water partition coefficient (Wildman–Crippen LogP) is 5.51. The Bertz CT molecular complexity index is 1640. The molecule has 4 aromatic rings. The number of fused-ring (bicyclic) bond motifs is 1. The van der Waals surface area contributed by atoms with E-state index in [2.05, 4.69) is 4.98 Å². The summed E-state index contributed by atoms with van der Waals surface area (Å²) >= 11 is 1.23. The van der Waals surface area contributed by atoms with Crippen molar-refractivity contribution in [1.82, 2.24) is 4.98 Å². The average molecular weight is 559 g/mol. The Morgan fingerprint density at radius 3 is 2.33 bits per heavy atom. The number of aliphatic hydroxyl groups is 1. The average Bonchev–Trinajstić information content (AvgIpc) is 3.50. The van der Waals surface area contributed by atoms with Crippen molar-refractivity contribution in [2.24, 2.45) is 0 Å². The molecule has 204 valence electrons. The molecule has 0 saturated carbocycles. The Morgan fingerprint density at radius 1 is 0.950 bits per heavy atom. The van der Waals surface area contributed by atoms with Crippen molar-refractivity contribution < 1.29 is 33.7 Å². The Balaban J connectivity index is 1.68. The van der Waals surface area contributed by atoms with Gasteiger partial charge < -0.3 is 19.3 Å². The molecule has 2 heterocycles. The van der Waals surface area contributed by atoms with Gasteiger partial charge in [0.05, 0.1) is 47.7 Å². The molecule has 1 amide bonds. The summed E-state index contributed by atoms with van der Waals surface area (Å²) in [6, 6.07) is 17.4. The van der Waals surface area contributed by atoms with Gasteiger partial charge in [0.25, 0.3) is 5.78 Å². The zero-order valence-corrected chi connectivity index (χ0v) is 22.9. The number of aliphatic hydroxyl groups excluding tert-OH is 1. The maximum Gasteiger partial charge on any atom is 0.337 e. The van der Waals surface area contributed by atoms with Crippen LogP contribution in [0.25, 0.3) is 16.0 Å². The third-order valence-electron chi connectivity index (χ3n) is 6.38. The van der Waals surface area contributed by atoms with Crippen LogP contribution in [0.1, 0.15) is 41.4 Å². The number of methoxy groups -OCH3 is 1. The lowest BCUT2D eigenvalue weighted by molar-refractivity contribution is -0.132. The van der Waals surface area contributed by atoms with Crippen molar-refractivity contribution >= 4 is 50.1 Å². The number of ether oxygens (including phenoxy) is 3. The third-order valence-corrected chi connectivity index (χ3v) is 7.39. The number of carbonyl (C=O) groups excluding carboxylic acids is 3. The van der Waals surface area contributed by atoms with Crippen LogP contribution in [0, 0.1) is 0 Å². The van der Waals surface area contributed by atoms with Crippen molar-refractivity contribution in [2.75, 3.05) is 25.2 Å². The number of ketones is 1. The number of amides is 1.